The normalized spacial score (nSPS) is 11.1. The van der Waals surface area contributed by atoms with Gasteiger partial charge in [0.2, 0.25) is 5.91 Å². The summed E-state index contributed by atoms with van der Waals surface area (Å²) in [5.41, 5.74) is 3.42. The van der Waals surface area contributed by atoms with Gasteiger partial charge in [-0.3, -0.25) is 14.2 Å². The first-order chi connectivity index (χ1) is 15.5. The predicted octanol–water partition coefficient (Wildman–Crippen LogP) is 3.60. The van der Waals surface area contributed by atoms with Gasteiger partial charge in [0.15, 0.2) is 0 Å². The van der Waals surface area contributed by atoms with Crippen molar-refractivity contribution in [2.45, 2.75) is 20.0 Å². The van der Waals surface area contributed by atoms with Crippen LogP contribution in [0.1, 0.15) is 5.56 Å². The second kappa shape index (κ2) is 9.15. The van der Waals surface area contributed by atoms with Gasteiger partial charge in [0.05, 0.1) is 19.5 Å². The molecule has 2 heterocycles. The lowest BCUT2D eigenvalue weighted by molar-refractivity contribution is -0.116. The minimum atomic E-state index is -0.368. The highest BCUT2D eigenvalue weighted by atomic mass is 19.1. The quantitative estimate of drug-likeness (QED) is 0.482. The zero-order chi connectivity index (χ0) is 22.7. The van der Waals surface area contributed by atoms with E-state index in [1.54, 1.807) is 24.8 Å². The number of ether oxygens (including phenoxy) is 1. The number of rotatable bonds is 7. The van der Waals surface area contributed by atoms with E-state index in [1.165, 1.54) is 29.1 Å². The number of aryl methyl sites for hydroxylation is 1. The van der Waals surface area contributed by atoms with Crippen LogP contribution < -0.4 is 10.9 Å². The molecule has 8 heteroatoms. The van der Waals surface area contributed by atoms with E-state index in [9.17, 15) is 14.0 Å². The summed E-state index contributed by atoms with van der Waals surface area (Å²) in [5, 5.41) is 2.79. The van der Waals surface area contributed by atoms with Crippen LogP contribution in [0.2, 0.25) is 0 Å². The minimum Gasteiger partial charge on any atom is -0.383 e. The molecule has 4 aromatic rings. The van der Waals surface area contributed by atoms with Gasteiger partial charge < -0.3 is 14.6 Å². The standard InChI is InChI=1S/C24H23FN4O3/c1-16-12-18(25)8-9-20(16)27-21(30)14-29-13-19(17-6-4-3-5-7-17)22-23(29)24(31)28(15-26-22)10-11-32-2/h3-9,12-13,15H,10-11,14H2,1-2H3,(H,27,30). The van der Waals surface area contributed by atoms with Crippen LogP contribution in [-0.4, -0.2) is 33.7 Å². The molecule has 4 rings (SSSR count). The summed E-state index contributed by atoms with van der Waals surface area (Å²) >= 11 is 0. The van der Waals surface area contributed by atoms with Gasteiger partial charge in [0, 0.05) is 24.6 Å². The second-order valence-electron chi connectivity index (χ2n) is 7.48. The van der Waals surface area contributed by atoms with Crippen molar-refractivity contribution in [2.75, 3.05) is 19.0 Å². The van der Waals surface area contributed by atoms with Gasteiger partial charge in [-0.2, -0.15) is 0 Å². The largest absolute Gasteiger partial charge is 0.383 e. The van der Waals surface area contributed by atoms with Gasteiger partial charge in [-0.15, -0.1) is 0 Å². The number of carbonyl (C=O) groups is 1. The third-order valence-corrected chi connectivity index (χ3v) is 5.24. The van der Waals surface area contributed by atoms with Gasteiger partial charge in [0.1, 0.15) is 23.4 Å². The van der Waals surface area contributed by atoms with E-state index in [2.05, 4.69) is 10.3 Å². The molecule has 7 nitrogen and oxygen atoms in total. The van der Waals surface area contributed by atoms with Crippen LogP contribution in [0.15, 0.2) is 65.8 Å². The topological polar surface area (TPSA) is 78.2 Å². The number of hydrogen-bond donors (Lipinski definition) is 1. The third-order valence-electron chi connectivity index (χ3n) is 5.24. The first-order valence-electron chi connectivity index (χ1n) is 10.2. The molecule has 164 valence electrons. The fourth-order valence-corrected chi connectivity index (χ4v) is 3.63. The maximum absolute atomic E-state index is 13.4. The molecule has 2 aromatic carbocycles. The Hall–Kier alpha value is -3.78. The first-order valence-corrected chi connectivity index (χ1v) is 10.2. The Balaban J connectivity index is 1.75. The Bertz CT molecular complexity index is 1330. The second-order valence-corrected chi connectivity index (χ2v) is 7.48. The van der Waals surface area contributed by atoms with Gasteiger partial charge in [-0.1, -0.05) is 30.3 Å². The molecule has 0 saturated carbocycles. The number of hydrogen-bond acceptors (Lipinski definition) is 4. The maximum Gasteiger partial charge on any atom is 0.277 e. The minimum absolute atomic E-state index is 0.0919. The summed E-state index contributed by atoms with van der Waals surface area (Å²) in [5.74, 6) is -0.699. The van der Waals surface area contributed by atoms with Gasteiger partial charge in [-0.05, 0) is 36.2 Å². The Labute approximate surface area is 184 Å². The van der Waals surface area contributed by atoms with Crippen LogP contribution in [-0.2, 0) is 22.6 Å². The van der Waals surface area contributed by atoms with Crippen LogP contribution in [0.3, 0.4) is 0 Å². The lowest BCUT2D eigenvalue weighted by atomic mass is 10.1. The fraction of sp³-hybridized carbons (Fsp3) is 0.208. The Kier molecular flexibility index (Phi) is 6.13. The lowest BCUT2D eigenvalue weighted by Crippen LogP contribution is -2.26. The van der Waals surface area contributed by atoms with E-state index >= 15 is 0 Å². The Morgan fingerprint density at radius 2 is 1.94 bits per heavy atom. The summed E-state index contributed by atoms with van der Waals surface area (Å²) in [4.78, 5) is 30.5. The molecule has 0 spiro atoms. The molecule has 0 bridgehead atoms. The monoisotopic (exact) mass is 434 g/mol. The zero-order valence-corrected chi connectivity index (χ0v) is 17.8. The molecular formula is C24H23FN4O3. The molecule has 32 heavy (non-hydrogen) atoms. The average Bonchev–Trinajstić information content (AvgIpc) is 3.15. The van der Waals surface area contributed by atoms with Crippen LogP contribution >= 0.6 is 0 Å². The highest BCUT2D eigenvalue weighted by molar-refractivity contribution is 5.96. The number of fused-ring (bicyclic) bond motifs is 1. The number of carbonyl (C=O) groups excluding carboxylic acids is 1. The Morgan fingerprint density at radius 3 is 2.66 bits per heavy atom. The van der Waals surface area contributed by atoms with Crippen LogP contribution in [0.25, 0.3) is 22.2 Å². The predicted molar refractivity (Wildman–Crippen MR) is 121 cm³/mol. The van der Waals surface area contributed by atoms with Crippen LogP contribution in [0.4, 0.5) is 10.1 Å². The molecule has 0 aliphatic carbocycles. The van der Waals surface area contributed by atoms with Gasteiger partial charge >= 0.3 is 0 Å². The van der Waals surface area contributed by atoms with Crippen molar-refractivity contribution in [3.63, 3.8) is 0 Å². The molecule has 0 radical (unpaired) electrons. The summed E-state index contributed by atoms with van der Waals surface area (Å²) in [7, 11) is 1.56. The van der Waals surface area contributed by atoms with E-state index < -0.39 is 0 Å². The molecule has 1 N–H and O–H groups in total. The van der Waals surface area contributed by atoms with Crippen molar-refractivity contribution in [2.24, 2.45) is 0 Å². The van der Waals surface area contributed by atoms with Crippen molar-refractivity contribution < 1.29 is 13.9 Å². The van der Waals surface area contributed by atoms with Crippen molar-refractivity contribution in [1.82, 2.24) is 14.1 Å². The number of anilines is 1. The van der Waals surface area contributed by atoms with Gasteiger partial charge in [-0.25, -0.2) is 9.37 Å². The smallest absolute Gasteiger partial charge is 0.277 e. The van der Waals surface area contributed by atoms with Crippen molar-refractivity contribution in [3.8, 4) is 11.1 Å². The highest BCUT2D eigenvalue weighted by Gasteiger charge is 2.18. The number of benzene rings is 2. The average molecular weight is 434 g/mol. The number of aromatic nitrogens is 3. The number of nitrogens with zero attached hydrogens (tertiary/aromatic N) is 3. The van der Waals surface area contributed by atoms with Crippen molar-refractivity contribution >= 4 is 22.6 Å². The summed E-state index contributed by atoms with van der Waals surface area (Å²) in [6.45, 7) is 2.34. The molecular weight excluding hydrogens is 411 g/mol. The van der Waals surface area contributed by atoms with E-state index in [0.29, 0.717) is 35.4 Å². The molecule has 1 amide bonds. The Morgan fingerprint density at radius 1 is 1.16 bits per heavy atom. The summed E-state index contributed by atoms with van der Waals surface area (Å²) < 4.78 is 21.5. The van der Waals surface area contributed by atoms with E-state index in [0.717, 1.165) is 11.1 Å². The molecule has 0 fully saturated rings. The maximum atomic E-state index is 13.4. The van der Waals surface area contributed by atoms with Crippen LogP contribution in [0.5, 0.6) is 0 Å². The van der Waals surface area contributed by atoms with E-state index in [1.807, 2.05) is 30.3 Å². The highest BCUT2D eigenvalue weighted by Crippen LogP contribution is 2.27. The lowest BCUT2D eigenvalue weighted by Gasteiger charge is -2.10. The molecule has 0 aliphatic rings. The molecule has 0 unspecified atom stereocenters. The number of nitrogens with one attached hydrogen (secondary N) is 1. The fourth-order valence-electron chi connectivity index (χ4n) is 3.63. The van der Waals surface area contributed by atoms with E-state index in [4.69, 9.17) is 4.74 Å². The van der Waals surface area contributed by atoms with Crippen molar-refractivity contribution in [1.29, 1.82) is 0 Å². The summed E-state index contributed by atoms with van der Waals surface area (Å²) in [6.07, 6.45) is 3.27. The molecule has 2 aromatic heterocycles. The molecule has 0 saturated heterocycles. The number of amides is 1. The third kappa shape index (κ3) is 4.31. The zero-order valence-electron chi connectivity index (χ0n) is 17.8. The molecule has 0 atom stereocenters. The molecule has 0 aliphatic heterocycles. The number of methoxy groups -OCH3 is 1. The van der Waals surface area contributed by atoms with Crippen LogP contribution in [0, 0.1) is 12.7 Å². The SMILES string of the molecule is COCCn1cnc2c(-c3ccccc3)cn(CC(=O)Nc3ccc(F)cc3C)c2c1=O. The number of halogens is 1. The first kappa shape index (κ1) is 21.5. The van der Waals surface area contributed by atoms with Gasteiger partial charge in [0.25, 0.3) is 5.56 Å². The summed E-state index contributed by atoms with van der Waals surface area (Å²) in [6, 6.07) is 13.7. The van der Waals surface area contributed by atoms with E-state index in [-0.39, 0.29) is 23.8 Å². The van der Waals surface area contributed by atoms with Crippen molar-refractivity contribution in [3.05, 3.63) is 82.8 Å².